The first kappa shape index (κ1) is 14.4. The van der Waals surface area contributed by atoms with E-state index in [4.69, 9.17) is 11.6 Å². The molecule has 1 rings (SSSR count). The summed E-state index contributed by atoms with van der Waals surface area (Å²) in [6.45, 7) is 6.23. The fourth-order valence-corrected chi connectivity index (χ4v) is 1.72. The number of rotatable bonds is 7. The molecule has 0 aliphatic heterocycles. The van der Waals surface area contributed by atoms with Gasteiger partial charge in [-0.05, 0) is 52.3 Å². The van der Waals surface area contributed by atoms with Crippen LogP contribution in [0, 0.1) is 0 Å². The normalized spacial score (nSPS) is 11.4. The van der Waals surface area contributed by atoms with Crippen molar-refractivity contribution in [3.63, 3.8) is 0 Å². The molecule has 4 nitrogen and oxygen atoms in total. The average Bonchev–Trinajstić information content (AvgIpc) is 2.30. The van der Waals surface area contributed by atoms with Crippen LogP contribution in [-0.2, 0) is 6.54 Å². The van der Waals surface area contributed by atoms with Crippen molar-refractivity contribution in [3.8, 4) is 0 Å². The molecule has 0 N–H and O–H groups in total. The van der Waals surface area contributed by atoms with Gasteiger partial charge < -0.3 is 4.90 Å². The zero-order chi connectivity index (χ0) is 12.7. The molecule has 0 spiro atoms. The van der Waals surface area contributed by atoms with E-state index in [1.54, 1.807) is 6.07 Å². The van der Waals surface area contributed by atoms with E-state index in [1.807, 2.05) is 6.07 Å². The van der Waals surface area contributed by atoms with Crippen molar-refractivity contribution in [3.05, 3.63) is 23.0 Å². The summed E-state index contributed by atoms with van der Waals surface area (Å²) in [5, 5.41) is 8.38. The fourth-order valence-electron chi connectivity index (χ4n) is 1.62. The van der Waals surface area contributed by atoms with Crippen LogP contribution < -0.4 is 0 Å². The summed E-state index contributed by atoms with van der Waals surface area (Å²) in [7, 11) is 4.20. The van der Waals surface area contributed by atoms with Gasteiger partial charge in [0.2, 0.25) is 0 Å². The Hall–Kier alpha value is -0.710. The topological polar surface area (TPSA) is 32.3 Å². The van der Waals surface area contributed by atoms with Gasteiger partial charge >= 0.3 is 0 Å². The Balaban J connectivity index is 2.38. The van der Waals surface area contributed by atoms with Gasteiger partial charge in [0.05, 0.1) is 5.69 Å². The molecule has 0 saturated carbocycles. The van der Waals surface area contributed by atoms with E-state index in [1.165, 1.54) is 6.42 Å². The van der Waals surface area contributed by atoms with Crippen LogP contribution in [0.15, 0.2) is 12.1 Å². The predicted molar refractivity (Wildman–Crippen MR) is 71.2 cm³/mol. The molecule has 0 aromatic carbocycles. The quantitative estimate of drug-likeness (QED) is 0.746. The van der Waals surface area contributed by atoms with Crippen LogP contribution in [-0.4, -0.2) is 53.7 Å². The van der Waals surface area contributed by atoms with E-state index in [2.05, 4.69) is 41.0 Å². The number of nitrogens with zero attached hydrogens (tertiary/aromatic N) is 4. The lowest BCUT2D eigenvalue weighted by Crippen LogP contribution is -2.27. The monoisotopic (exact) mass is 256 g/mol. The van der Waals surface area contributed by atoms with Crippen molar-refractivity contribution in [1.82, 2.24) is 20.0 Å². The molecule has 96 valence electrons. The Kier molecular flexibility index (Phi) is 6.40. The lowest BCUT2D eigenvalue weighted by molar-refractivity contribution is 0.256. The molecule has 0 amide bonds. The highest BCUT2D eigenvalue weighted by Gasteiger charge is 2.05. The number of hydrogen-bond acceptors (Lipinski definition) is 4. The van der Waals surface area contributed by atoms with Gasteiger partial charge in [-0.15, -0.1) is 5.10 Å². The highest BCUT2D eigenvalue weighted by molar-refractivity contribution is 6.29. The van der Waals surface area contributed by atoms with Gasteiger partial charge in [-0.25, -0.2) is 0 Å². The van der Waals surface area contributed by atoms with E-state index in [-0.39, 0.29) is 0 Å². The number of aromatic nitrogens is 2. The molecule has 0 unspecified atom stereocenters. The molecule has 0 saturated heterocycles. The molecule has 0 aliphatic rings. The number of halogens is 1. The van der Waals surface area contributed by atoms with E-state index < -0.39 is 0 Å². The van der Waals surface area contributed by atoms with Crippen LogP contribution in [0.2, 0.25) is 5.15 Å². The van der Waals surface area contributed by atoms with Crippen LogP contribution in [0.3, 0.4) is 0 Å². The Labute approximate surface area is 109 Å². The molecular formula is C12H21ClN4. The minimum absolute atomic E-state index is 0.449. The lowest BCUT2D eigenvalue weighted by Gasteiger charge is -2.20. The minimum Gasteiger partial charge on any atom is -0.309 e. The molecule has 1 aromatic heterocycles. The highest BCUT2D eigenvalue weighted by atomic mass is 35.5. The summed E-state index contributed by atoms with van der Waals surface area (Å²) in [4.78, 5) is 4.57. The average molecular weight is 257 g/mol. The van der Waals surface area contributed by atoms with Gasteiger partial charge in [-0.1, -0.05) is 18.5 Å². The van der Waals surface area contributed by atoms with Crippen molar-refractivity contribution in [2.45, 2.75) is 19.9 Å². The summed E-state index contributed by atoms with van der Waals surface area (Å²) in [5.41, 5.74) is 0.973. The molecule has 17 heavy (non-hydrogen) atoms. The maximum Gasteiger partial charge on any atom is 0.151 e. The summed E-state index contributed by atoms with van der Waals surface area (Å²) in [5.74, 6) is 0. The Morgan fingerprint density at radius 3 is 2.47 bits per heavy atom. The number of hydrogen-bond donors (Lipinski definition) is 0. The summed E-state index contributed by atoms with van der Waals surface area (Å²) < 4.78 is 0. The smallest absolute Gasteiger partial charge is 0.151 e. The summed E-state index contributed by atoms with van der Waals surface area (Å²) >= 11 is 5.71. The maximum atomic E-state index is 5.71. The SMILES string of the molecule is CCN(CCCN(C)C)Cc1ccc(Cl)nn1. The summed E-state index contributed by atoms with van der Waals surface area (Å²) in [6, 6.07) is 3.72. The van der Waals surface area contributed by atoms with Crippen molar-refractivity contribution >= 4 is 11.6 Å². The van der Waals surface area contributed by atoms with Gasteiger partial charge in [-0.3, -0.25) is 4.90 Å². The first-order valence-electron chi connectivity index (χ1n) is 5.97. The van der Waals surface area contributed by atoms with Gasteiger partial charge in [0.1, 0.15) is 0 Å². The van der Waals surface area contributed by atoms with E-state index in [9.17, 15) is 0 Å². The third-order valence-corrected chi connectivity index (χ3v) is 2.80. The lowest BCUT2D eigenvalue weighted by atomic mass is 10.3. The Morgan fingerprint density at radius 2 is 1.94 bits per heavy atom. The molecule has 0 radical (unpaired) electrons. The van der Waals surface area contributed by atoms with Crippen molar-refractivity contribution < 1.29 is 0 Å². The van der Waals surface area contributed by atoms with Gasteiger partial charge in [0.25, 0.3) is 0 Å². The van der Waals surface area contributed by atoms with Gasteiger partial charge in [0.15, 0.2) is 5.15 Å². The third kappa shape index (κ3) is 5.96. The van der Waals surface area contributed by atoms with E-state index in [0.717, 1.165) is 31.9 Å². The first-order valence-corrected chi connectivity index (χ1v) is 6.34. The standard InChI is InChI=1S/C12H21ClN4/c1-4-17(9-5-8-16(2)3)10-11-6-7-12(13)15-14-11/h6-7H,4-5,8-10H2,1-3H3. The van der Waals surface area contributed by atoms with Crippen molar-refractivity contribution in [1.29, 1.82) is 0 Å². The Bertz CT molecular complexity index is 313. The van der Waals surface area contributed by atoms with Crippen LogP contribution in [0.25, 0.3) is 0 Å². The molecule has 0 fully saturated rings. The minimum atomic E-state index is 0.449. The van der Waals surface area contributed by atoms with E-state index >= 15 is 0 Å². The Morgan fingerprint density at radius 1 is 1.18 bits per heavy atom. The predicted octanol–water partition coefficient (Wildman–Crippen LogP) is 1.90. The fraction of sp³-hybridized carbons (Fsp3) is 0.667. The second-order valence-corrected chi connectivity index (χ2v) is 4.76. The molecule has 0 atom stereocenters. The van der Waals surface area contributed by atoms with Crippen LogP contribution in [0.5, 0.6) is 0 Å². The van der Waals surface area contributed by atoms with Crippen LogP contribution >= 0.6 is 11.6 Å². The third-order valence-electron chi connectivity index (χ3n) is 2.60. The zero-order valence-electron chi connectivity index (χ0n) is 10.9. The molecular weight excluding hydrogens is 236 g/mol. The van der Waals surface area contributed by atoms with E-state index in [0.29, 0.717) is 5.15 Å². The molecule has 5 heteroatoms. The zero-order valence-corrected chi connectivity index (χ0v) is 11.6. The van der Waals surface area contributed by atoms with Gasteiger partial charge in [-0.2, -0.15) is 5.10 Å². The highest BCUT2D eigenvalue weighted by Crippen LogP contribution is 2.05. The van der Waals surface area contributed by atoms with Crippen LogP contribution in [0.4, 0.5) is 0 Å². The first-order chi connectivity index (χ1) is 8.11. The second-order valence-electron chi connectivity index (χ2n) is 4.37. The second kappa shape index (κ2) is 7.58. The largest absolute Gasteiger partial charge is 0.309 e. The molecule has 0 aliphatic carbocycles. The van der Waals surface area contributed by atoms with Crippen molar-refractivity contribution in [2.24, 2.45) is 0 Å². The van der Waals surface area contributed by atoms with Gasteiger partial charge in [0, 0.05) is 6.54 Å². The van der Waals surface area contributed by atoms with Crippen LogP contribution in [0.1, 0.15) is 19.0 Å². The molecule has 1 heterocycles. The maximum absolute atomic E-state index is 5.71. The molecule has 1 aromatic rings. The van der Waals surface area contributed by atoms with Crippen molar-refractivity contribution in [2.75, 3.05) is 33.7 Å². The molecule has 0 bridgehead atoms. The summed E-state index contributed by atoms with van der Waals surface area (Å²) in [6.07, 6.45) is 1.17.